The molecule has 0 aliphatic rings. The molecule has 0 radical (unpaired) electrons. The molecule has 4 nitrogen and oxygen atoms in total. The topological polar surface area (TPSA) is 55.4 Å². The Kier molecular flexibility index (Phi) is 6.96. The van der Waals surface area contributed by atoms with Crippen LogP contribution in [0.4, 0.5) is 5.69 Å². The number of para-hydroxylation sites is 1. The highest BCUT2D eigenvalue weighted by molar-refractivity contribution is 5.95. The van der Waals surface area contributed by atoms with Crippen molar-refractivity contribution in [3.8, 4) is 11.1 Å². The Labute approximate surface area is 148 Å². The summed E-state index contributed by atoms with van der Waals surface area (Å²) in [5.74, 6) is -0.434. The van der Waals surface area contributed by atoms with E-state index in [1.165, 1.54) is 0 Å². The van der Waals surface area contributed by atoms with Gasteiger partial charge in [-0.3, -0.25) is 4.79 Å². The van der Waals surface area contributed by atoms with Gasteiger partial charge >= 0.3 is 5.97 Å². The van der Waals surface area contributed by atoms with Crippen molar-refractivity contribution in [2.24, 2.45) is 0 Å². The number of ether oxygens (including phenoxy) is 1. The van der Waals surface area contributed by atoms with E-state index in [9.17, 15) is 9.59 Å². The molecule has 4 heteroatoms. The highest BCUT2D eigenvalue weighted by atomic mass is 16.5. The van der Waals surface area contributed by atoms with Gasteiger partial charge < -0.3 is 10.1 Å². The van der Waals surface area contributed by atoms with Crippen LogP contribution in [0.3, 0.4) is 0 Å². The summed E-state index contributed by atoms with van der Waals surface area (Å²) < 4.78 is 5.01. The van der Waals surface area contributed by atoms with Crippen molar-refractivity contribution < 1.29 is 14.3 Å². The van der Waals surface area contributed by atoms with Gasteiger partial charge in [-0.2, -0.15) is 0 Å². The predicted molar refractivity (Wildman–Crippen MR) is 100 cm³/mol. The number of hydrogen-bond acceptors (Lipinski definition) is 3. The average molecular weight is 337 g/mol. The fourth-order valence-corrected chi connectivity index (χ4v) is 2.35. The highest BCUT2D eigenvalue weighted by Crippen LogP contribution is 2.27. The number of carbonyl (C=O) groups is 2. The van der Waals surface area contributed by atoms with Gasteiger partial charge in [0.2, 0.25) is 5.91 Å². The molecule has 0 heterocycles. The lowest BCUT2D eigenvalue weighted by Crippen LogP contribution is -2.12. The summed E-state index contributed by atoms with van der Waals surface area (Å²) in [4.78, 5) is 23.4. The first kappa shape index (κ1) is 18.5. The molecule has 0 saturated heterocycles. The molecule has 2 aromatic carbocycles. The lowest BCUT2D eigenvalue weighted by molar-refractivity contribution is -0.139. The number of anilines is 1. The van der Waals surface area contributed by atoms with Crippen LogP contribution in [-0.2, 0) is 14.3 Å². The van der Waals surface area contributed by atoms with Gasteiger partial charge in [-0.25, -0.2) is 4.79 Å². The van der Waals surface area contributed by atoms with E-state index < -0.39 is 0 Å². The molecule has 0 aliphatic heterocycles. The largest absolute Gasteiger partial charge is 0.462 e. The van der Waals surface area contributed by atoms with E-state index in [0.29, 0.717) is 31.4 Å². The van der Waals surface area contributed by atoms with Crippen molar-refractivity contribution in [3.63, 3.8) is 0 Å². The molecule has 2 rings (SSSR count). The van der Waals surface area contributed by atoms with Crippen LogP contribution >= 0.6 is 0 Å². The zero-order valence-corrected chi connectivity index (χ0v) is 14.5. The number of rotatable bonds is 8. The molecule has 1 amide bonds. The van der Waals surface area contributed by atoms with E-state index in [1.54, 1.807) is 6.92 Å². The van der Waals surface area contributed by atoms with Crippen molar-refractivity contribution in [2.75, 3.05) is 11.9 Å². The Morgan fingerprint density at radius 2 is 1.68 bits per heavy atom. The first-order valence-electron chi connectivity index (χ1n) is 8.35. The summed E-state index contributed by atoms with van der Waals surface area (Å²) in [7, 11) is 0. The Morgan fingerprint density at radius 3 is 2.40 bits per heavy atom. The van der Waals surface area contributed by atoms with Crippen LogP contribution in [0, 0.1) is 0 Å². The molecular weight excluding hydrogens is 314 g/mol. The molecule has 130 valence electrons. The summed E-state index contributed by atoms with van der Waals surface area (Å²) in [5.41, 5.74) is 3.24. The lowest BCUT2D eigenvalue weighted by Gasteiger charge is -2.11. The monoisotopic (exact) mass is 337 g/mol. The van der Waals surface area contributed by atoms with E-state index in [2.05, 4.69) is 11.9 Å². The SMILES string of the molecule is C=C(C)C(=O)OCCCCC(=O)Nc1ccccc1-c1ccccc1. The van der Waals surface area contributed by atoms with Gasteiger partial charge in [-0.1, -0.05) is 55.1 Å². The second-order valence-electron chi connectivity index (χ2n) is 5.83. The van der Waals surface area contributed by atoms with Crippen molar-refractivity contribution in [1.29, 1.82) is 0 Å². The Morgan fingerprint density at radius 1 is 1.00 bits per heavy atom. The van der Waals surface area contributed by atoms with Gasteiger partial charge in [-0.15, -0.1) is 0 Å². The van der Waals surface area contributed by atoms with Crippen LogP contribution in [-0.4, -0.2) is 18.5 Å². The molecule has 2 aromatic rings. The van der Waals surface area contributed by atoms with Gasteiger partial charge in [0.15, 0.2) is 0 Å². The van der Waals surface area contributed by atoms with Gasteiger partial charge in [0.25, 0.3) is 0 Å². The van der Waals surface area contributed by atoms with Gasteiger partial charge in [0.1, 0.15) is 0 Å². The summed E-state index contributed by atoms with van der Waals surface area (Å²) >= 11 is 0. The molecular formula is C21H23NO3. The maximum atomic E-state index is 12.2. The molecule has 0 bridgehead atoms. The number of esters is 1. The van der Waals surface area contributed by atoms with Crippen LogP contribution in [0.15, 0.2) is 66.7 Å². The first-order valence-corrected chi connectivity index (χ1v) is 8.35. The second kappa shape index (κ2) is 9.42. The van der Waals surface area contributed by atoms with E-state index in [1.807, 2.05) is 54.6 Å². The zero-order chi connectivity index (χ0) is 18.1. The lowest BCUT2D eigenvalue weighted by atomic mass is 10.0. The molecule has 0 aliphatic carbocycles. The van der Waals surface area contributed by atoms with Gasteiger partial charge in [0.05, 0.1) is 6.61 Å². The fraction of sp³-hybridized carbons (Fsp3) is 0.238. The van der Waals surface area contributed by atoms with Crippen molar-refractivity contribution in [1.82, 2.24) is 0 Å². The molecule has 0 unspecified atom stereocenters. The van der Waals surface area contributed by atoms with Crippen molar-refractivity contribution in [3.05, 3.63) is 66.7 Å². The average Bonchev–Trinajstić information content (AvgIpc) is 2.62. The molecule has 25 heavy (non-hydrogen) atoms. The zero-order valence-electron chi connectivity index (χ0n) is 14.5. The number of unbranched alkanes of at least 4 members (excludes halogenated alkanes) is 1. The molecule has 0 spiro atoms. The number of hydrogen-bond donors (Lipinski definition) is 1. The summed E-state index contributed by atoms with van der Waals surface area (Å²) in [5, 5.41) is 2.97. The van der Waals surface area contributed by atoms with Crippen LogP contribution < -0.4 is 5.32 Å². The summed E-state index contributed by atoms with van der Waals surface area (Å²) in [6.45, 7) is 5.44. The van der Waals surface area contributed by atoms with Crippen molar-refractivity contribution in [2.45, 2.75) is 26.2 Å². The quantitative estimate of drug-likeness (QED) is 0.436. The minimum absolute atomic E-state index is 0.0467. The Balaban J connectivity index is 1.83. The van der Waals surface area contributed by atoms with E-state index >= 15 is 0 Å². The first-order chi connectivity index (χ1) is 12.1. The molecule has 0 atom stereocenters. The fourth-order valence-electron chi connectivity index (χ4n) is 2.35. The smallest absolute Gasteiger partial charge is 0.333 e. The third-order valence-corrected chi connectivity index (χ3v) is 3.67. The highest BCUT2D eigenvalue weighted by Gasteiger charge is 2.08. The van der Waals surface area contributed by atoms with E-state index in [-0.39, 0.29) is 11.9 Å². The van der Waals surface area contributed by atoms with Crippen LogP contribution in [0.1, 0.15) is 26.2 Å². The summed E-state index contributed by atoms with van der Waals surface area (Å²) in [6, 6.07) is 17.7. The second-order valence-corrected chi connectivity index (χ2v) is 5.83. The van der Waals surface area contributed by atoms with E-state index in [0.717, 1.165) is 16.8 Å². The maximum absolute atomic E-state index is 12.2. The maximum Gasteiger partial charge on any atom is 0.333 e. The number of nitrogens with one attached hydrogen (secondary N) is 1. The van der Waals surface area contributed by atoms with Gasteiger partial charge in [0, 0.05) is 23.2 Å². The number of amides is 1. The predicted octanol–water partition coefficient (Wildman–Crippen LogP) is 4.58. The number of benzene rings is 2. The van der Waals surface area contributed by atoms with Crippen LogP contribution in [0.25, 0.3) is 11.1 Å². The summed E-state index contributed by atoms with van der Waals surface area (Å²) in [6.07, 6.45) is 1.68. The van der Waals surface area contributed by atoms with Crippen LogP contribution in [0.5, 0.6) is 0 Å². The number of carbonyl (C=O) groups excluding carboxylic acids is 2. The molecule has 0 fully saturated rings. The Bertz CT molecular complexity index is 738. The Hall–Kier alpha value is -2.88. The standard InChI is InChI=1S/C21H23NO3/c1-16(2)21(24)25-15-9-8-14-20(23)22-19-13-7-6-12-18(19)17-10-4-3-5-11-17/h3-7,10-13H,1,8-9,14-15H2,2H3,(H,22,23). The van der Waals surface area contributed by atoms with E-state index in [4.69, 9.17) is 4.74 Å². The normalized spacial score (nSPS) is 10.1. The van der Waals surface area contributed by atoms with Crippen molar-refractivity contribution >= 4 is 17.6 Å². The van der Waals surface area contributed by atoms with Crippen LogP contribution in [0.2, 0.25) is 0 Å². The van der Waals surface area contributed by atoms with Gasteiger partial charge in [-0.05, 0) is 31.4 Å². The third-order valence-electron chi connectivity index (χ3n) is 3.67. The molecule has 0 aromatic heterocycles. The minimum atomic E-state index is -0.388. The third kappa shape index (κ3) is 5.92. The minimum Gasteiger partial charge on any atom is -0.462 e. The molecule has 0 saturated carbocycles. The molecule has 1 N–H and O–H groups in total.